The average molecular weight is 275 g/mol. The molecule has 0 spiro atoms. The van der Waals surface area contributed by atoms with E-state index in [1.807, 2.05) is 4.90 Å². The van der Waals surface area contributed by atoms with E-state index >= 15 is 0 Å². The third kappa shape index (κ3) is 2.50. The highest BCUT2D eigenvalue weighted by Gasteiger charge is 2.35. The number of likely N-dealkylation sites (N-methyl/N-ethyl adjacent to an activating group) is 1. The highest BCUT2D eigenvalue weighted by Crippen LogP contribution is 2.27. The number of carbonyl (C=O) groups excluding carboxylic acids is 1. The second kappa shape index (κ2) is 5.40. The van der Waals surface area contributed by atoms with Gasteiger partial charge in [-0.3, -0.25) is 9.78 Å². The van der Waals surface area contributed by atoms with Crippen LogP contribution in [0.3, 0.4) is 0 Å². The number of hydrogen-bond acceptors (Lipinski definition) is 4. The van der Waals surface area contributed by atoms with E-state index in [0.717, 1.165) is 19.6 Å². The first kappa shape index (κ1) is 13.4. The Kier molecular flexibility index (Phi) is 3.61. The monoisotopic (exact) mass is 275 g/mol. The lowest BCUT2D eigenvalue weighted by atomic mass is 9.96. The van der Waals surface area contributed by atoms with E-state index in [2.05, 4.69) is 16.9 Å². The number of amides is 1. The number of aromatic nitrogens is 1. The quantitative estimate of drug-likeness (QED) is 0.815. The number of pyridine rings is 1. The van der Waals surface area contributed by atoms with E-state index in [-0.39, 0.29) is 5.91 Å². The Morgan fingerprint density at radius 1 is 1.35 bits per heavy atom. The molecule has 3 aliphatic rings. The van der Waals surface area contributed by atoms with Crippen molar-refractivity contribution in [2.24, 2.45) is 5.92 Å². The van der Waals surface area contributed by atoms with Gasteiger partial charge in [0.05, 0.1) is 7.11 Å². The van der Waals surface area contributed by atoms with Gasteiger partial charge in [-0.1, -0.05) is 0 Å². The van der Waals surface area contributed by atoms with Crippen molar-refractivity contribution in [3.8, 4) is 5.75 Å². The Morgan fingerprint density at radius 2 is 2.20 bits per heavy atom. The fourth-order valence-corrected chi connectivity index (χ4v) is 3.30. The van der Waals surface area contributed by atoms with Crippen LogP contribution in [0.5, 0.6) is 5.75 Å². The number of ether oxygens (including phenoxy) is 1. The molecular weight excluding hydrogens is 254 g/mol. The van der Waals surface area contributed by atoms with Gasteiger partial charge in [0.2, 0.25) is 0 Å². The van der Waals surface area contributed by atoms with Gasteiger partial charge < -0.3 is 14.5 Å². The van der Waals surface area contributed by atoms with E-state index in [1.54, 1.807) is 25.4 Å². The van der Waals surface area contributed by atoms with Gasteiger partial charge in [-0.15, -0.1) is 0 Å². The number of carbonyl (C=O) groups is 1. The van der Waals surface area contributed by atoms with Crippen LogP contribution in [0.15, 0.2) is 18.3 Å². The molecule has 3 saturated heterocycles. The second-order valence-electron chi connectivity index (χ2n) is 5.83. The lowest BCUT2D eigenvalue weighted by Crippen LogP contribution is -2.42. The molecule has 1 amide bonds. The first-order valence-corrected chi connectivity index (χ1v) is 7.17. The summed E-state index contributed by atoms with van der Waals surface area (Å²) >= 11 is 0. The number of nitrogens with zero attached hydrogens (tertiary/aromatic N) is 3. The van der Waals surface area contributed by atoms with Crippen LogP contribution in [0.1, 0.15) is 23.3 Å². The summed E-state index contributed by atoms with van der Waals surface area (Å²) in [6, 6.07) is 3.97. The van der Waals surface area contributed by atoms with Gasteiger partial charge in [-0.2, -0.15) is 0 Å². The van der Waals surface area contributed by atoms with E-state index < -0.39 is 0 Å². The number of hydrogen-bond donors (Lipinski definition) is 0. The molecule has 4 rings (SSSR count). The summed E-state index contributed by atoms with van der Waals surface area (Å²) in [5, 5.41) is 0. The van der Waals surface area contributed by atoms with Gasteiger partial charge in [0.25, 0.3) is 5.91 Å². The Bertz CT molecular complexity index is 506. The summed E-state index contributed by atoms with van der Waals surface area (Å²) in [4.78, 5) is 21.2. The van der Waals surface area contributed by atoms with Crippen molar-refractivity contribution in [1.82, 2.24) is 14.8 Å². The highest BCUT2D eigenvalue weighted by atomic mass is 16.5. The first-order valence-electron chi connectivity index (χ1n) is 7.17. The van der Waals surface area contributed by atoms with Crippen LogP contribution < -0.4 is 4.74 Å². The number of rotatable bonds is 2. The van der Waals surface area contributed by atoms with Gasteiger partial charge in [-0.05, 0) is 31.9 Å². The van der Waals surface area contributed by atoms with Gasteiger partial charge in [0.1, 0.15) is 11.4 Å². The van der Waals surface area contributed by atoms with Gasteiger partial charge in [-0.25, -0.2) is 0 Å². The average Bonchev–Trinajstić information content (AvgIpc) is 2.77. The predicted octanol–water partition coefficient (Wildman–Crippen LogP) is 1.26. The van der Waals surface area contributed by atoms with Crippen molar-refractivity contribution < 1.29 is 9.53 Å². The van der Waals surface area contributed by atoms with E-state index in [0.29, 0.717) is 23.4 Å². The molecule has 5 nitrogen and oxygen atoms in total. The smallest absolute Gasteiger partial charge is 0.272 e. The first-order chi connectivity index (χ1) is 9.67. The topological polar surface area (TPSA) is 45.7 Å². The van der Waals surface area contributed by atoms with Crippen LogP contribution in [0.25, 0.3) is 0 Å². The fourth-order valence-electron chi connectivity index (χ4n) is 3.30. The molecule has 20 heavy (non-hydrogen) atoms. The van der Waals surface area contributed by atoms with Crippen molar-refractivity contribution in [1.29, 1.82) is 0 Å². The van der Waals surface area contributed by atoms with E-state index in [4.69, 9.17) is 4.74 Å². The van der Waals surface area contributed by atoms with Crippen molar-refractivity contribution in [2.75, 3.05) is 33.8 Å². The summed E-state index contributed by atoms with van der Waals surface area (Å²) in [7, 11) is 3.76. The van der Waals surface area contributed by atoms with Gasteiger partial charge in [0, 0.05) is 37.9 Å². The molecule has 108 valence electrons. The summed E-state index contributed by atoms with van der Waals surface area (Å²) in [5.74, 6) is 1.29. The highest BCUT2D eigenvalue weighted by molar-refractivity contribution is 5.92. The zero-order chi connectivity index (χ0) is 14.1. The molecule has 0 unspecified atom stereocenters. The summed E-state index contributed by atoms with van der Waals surface area (Å²) in [6.45, 7) is 2.75. The Hall–Kier alpha value is -1.62. The lowest BCUT2D eigenvalue weighted by Gasteiger charge is -2.32. The van der Waals surface area contributed by atoms with E-state index in [1.165, 1.54) is 12.8 Å². The minimum Gasteiger partial charge on any atom is -0.497 e. The molecule has 2 atom stereocenters. The van der Waals surface area contributed by atoms with Crippen molar-refractivity contribution in [3.05, 3.63) is 24.0 Å². The minimum absolute atomic E-state index is 0.0242. The molecular formula is C15H21N3O2. The predicted molar refractivity (Wildman–Crippen MR) is 75.8 cm³/mol. The summed E-state index contributed by atoms with van der Waals surface area (Å²) < 4.78 is 5.17. The van der Waals surface area contributed by atoms with Crippen molar-refractivity contribution in [2.45, 2.75) is 18.9 Å². The lowest BCUT2D eigenvalue weighted by molar-refractivity contribution is 0.0736. The third-order valence-electron chi connectivity index (χ3n) is 4.46. The Balaban J connectivity index is 1.80. The molecule has 1 aromatic rings. The molecule has 0 radical (unpaired) electrons. The van der Waals surface area contributed by atoms with E-state index in [9.17, 15) is 4.79 Å². The minimum atomic E-state index is 0.0242. The maximum atomic E-state index is 12.6. The van der Waals surface area contributed by atoms with Crippen LogP contribution >= 0.6 is 0 Å². The molecule has 0 N–H and O–H groups in total. The molecule has 4 heterocycles. The molecule has 2 bridgehead atoms. The molecule has 5 heteroatoms. The molecule has 0 aromatic carbocycles. The van der Waals surface area contributed by atoms with Gasteiger partial charge >= 0.3 is 0 Å². The largest absolute Gasteiger partial charge is 0.497 e. The van der Waals surface area contributed by atoms with Gasteiger partial charge in [0.15, 0.2) is 0 Å². The third-order valence-corrected chi connectivity index (χ3v) is 4.46. The zero-order valence-electron chi connectivity index (χ0n) is 12.1. The van der Waals surface area contributed by atoms with Crippen LogP contribution in [-0.2, 0) is 0 Å². The Labute approximate surface area is 119 Å². The normalized spacial score (nSPS) is 26.4. The summed E-state index contributed by atoms with van der Waals surface area (Å²) in [5.41, 5.74) is 0.480. The maximum absolute atomic E-state index is 12.6. The molecule has 1 aromatic heterocycles. The van der Waals surface area contributed by atoms with Crippen molar-refractivity contribution in [3.63, 3.8) is 0 Å². The molecule has 3 fully saturated rings. The second-order valence-corrected chi connectivity index (χ2v) is 5.83. The Morgan fingerprint density at radius 3 is 2.95 bits per heavy atom. The SMILES string of the molecule is COc1ccnc(C(=O)N2C[C@H]3CC[C@@H](C2)N(C)C3)c1. The standard InChI is InChI=1S/C15H21N3O2/c1-17-8-11-3-4-12(17)10-18(9-11)15(19)14-7-13(20-2)5-6-16-14/h5-7,11-12H,3-4,8-10H2,1-2H3/t11-,12-/m0/s1. The fraction of sp³-hybridized carbons (Fsp3) is 0.600. The van der Waals surface area contributed by atoms with Crippen LogP contribution in [-0.4, -0.2) is 60.5 Å². The molecule has 0 aliphatic carbocycles. The molecule has 3 aliphatic heterocycles. The van der Waals surface area contributed by atoms with Crippen LogP contribution in [0.2, 0.25) is 0 Å². The zero-order valence-corrected chi connectivity index (χ0v) is 12.1. The number of methoxy groups -OCH3 is 1. The maximum Gasteiger partial charge on any atom is 0.272 e. The number of piperidine rings is 1. The van der Waals surface area contributed by atoms with Crippen LogP contribution in [0, 0.1) is 5.92 Å². The van der Waals surface area contributed by atoms with Crippen LogP contribution in [0.4, 0.5) is 0 Å². The van der Waals surface area contributed by atoms with Crippen molar-refractivity contribution >= 4 is 5.91 Å². The summed E-state index contributed by atoms with van der Waals surface area (Å²) in [6.07, 6.45) is 4.05. The molecule has 0 saturated carbocycles. The number of fused-ring (bicyclic) bond motifs is 4.